The van der Waals surface area contributed by atoms with Gasteiger partial charge in [0.05, 0.1) is 0 Å². The number of nitrogens with one attached hydrogen (secondary N) is 2. The summed E-state index contributed by atoms with van der Waals surface area (Å²) in [6, 6.07) is 6.32. The van der Waals surface area contributed by atoms with Crippen LogP contribution in [0.3, 0.4) is 0 Å². The van der Waals surface area contributed by atoms with E-state index < -0.39 is 0 Å². The second kappa shape index (κ2) is 4.96. The monoisotopic (exact) mass is 204 g/mol. The van der Waals surface area contributed by atoms with Crippen molar-refractivity contribution in [1.29, 1.82) is 5.41 Å². The molecule has 1 rings (SSSR count). The van der Waals surface area contributed by atoms with Gasteiger partial charge in [0.15, 0.2) is 0 Å². The number of rotatable bonds is 4. The number of hydrogen-bond donors (Lipinski definition) is 2. The van der Waals surface area contributed by atoms with Crippen LogP contribution in [0.1, 0.15) is 44.2 Å². The molecular weight excluding hydrogens is 184 g/mol. The summed E-state index contributed by atoms with van der Waals surface area (Å²) in [4.78, 5) is 0. The third kappa shape index (κ3) is 2.58. The Bertz CT molecular complexity index is 354. The van der Waals surface area contributed by atoms with E-state index in [1.807, 2.05) is 14.0 Å². The second-order valence-corrected chi connectivity index (χ2v) is 4.04. The first-order valence-electron chi connectivity index (χ1n) is 5.49. The molecule has 0 aromatic heterocycles. The molecule has 0 aliphatic heterocycles. The average molecular weight is 204 g/mol. The maximum atomic E-state index is 7.92. The Balaban J connectivity index is 3.19. The molecule has 0 bridgehead atoms. The summed E-state index contributed by atoms with van der Waals surface area (Å²) in [5.74, 6) is 0.513. The molecule has 0 aliphatic carbocycles. The van der Waals surface area contributed by atoms with Crippen LogP contribution in [0.5, 0.6) is 0 Å². The van der Waals surface area contributed by atoms with Gasteiger partial charge in [-0.25, -0.2) is 0 Å². The fourth-order valence-electron chi connectivity index (χ4n) is 1.58. The molecule has 0 amide bonds. The minimum Gasteiger partial charge on any atom is -0.388 e. The molecule has 15 heavy (non-hydrogen) atoms. The third-order valence-corrected chi connectivity index (χ3v) is 2.66. The van der Waals surface area contributed by atoms with E-state index in [2.05, 4.69) is 37.4 Å². The first kappa shape index (κ1) is 11.8. The second-order valence-electron chi connectivity index (χ2n) is 4.04. The van der Waals surface area contributed by atoms with E-state index >= 15 is 0 Å². The van der Waals surface area contributed by atoms with Gasteiger partial charge >= 0.3 is 0 Å². The third-order valence-electron chi connectivity index (χ3n) is 2.66. The normalized spacial score (nSPS) is 10.5. The molecular formula is C13H20N2. The molecule has 0 unspecified atom stereocenters. The van der Waals surface area contributed by atoms with Gasteiger partial charge in [-0.15, -0.1) is 0 Å². The van der Waals surface area contributed by atoms with Gasteiger partial charge in [-0.3, -0.25) is 0 Å². The fraction of sp³-hybridized carbons (Fsp3) is 0.462. The molecule has 0 saturated heterocycles. The van der Waals surface area contributed by atoms with Crippen LogP contribution in [-0.4, -0.2) is 12.8 Å². The van der Waals surface area contributed by atoms with Gasteiger partial charge in [-0.05, 0) is 30.0 Å². The molecule has 2 heteroatoms. The first-order valence-corrected chi connectivity index (χ1v) is 5.49. The summed E-state index contributed by atoms with van der Waals surface area (Å²) in [7, 11) is 1.90. The van der Waals surface area contributed by atoms with E-state index in [1.165, 1.54) is 5.56 Å². The number of benzene rings is 1. The van der Waals surface area contributed by atoms with Gasteiger partial charge in [0.25, 0.3) is 0 Å². The van der Waals surface area contributed by atoms with Crippen LogP contribution in [0.2, 0.25) is 0 Å². The Hall–Kier alpha value is -1.31. The lowest BCUT2D eigenvalue weighted by Gasteiger charge is -2.13. The Kier molecular flexibility index (Phi) is 3.89. The lowest BCUT2D eigenvalue weighted by atomic mass is 9.97. The van der Waals surface area contributed by atoms with Crippen molar-refractivity contribution in [2.75, 3.05) is 12.4 Å². The molecule has 0 radical (unpaired) electrons. The molecule has 82 valence electrons. The molecule has 0 atom stereocenters. The molecule has 2 nitrogen and oxygen atoms in total. The van der Waals surface area contributed by atoms with Gasteiger partial charge in [0.1, 0.15) is 0 Å². The summed E-state index contributed by atoms with van der Waals surface area (Å²) in [5, 5.41) is 11.1. The van der Waals surface area contributed by atoms with Crippen molar-refractivity contribution in [2.24, 2.45) is 0 Å². The van der Waals surface area contributed by atoms with Crippen LogP contribution in [0.15, 0.2) is 18.2 Å². The highest BCUT2D eigenvalue weighted by Crippen LogP contribution is 2.23. The fourth-order valence-corrected chi connectivity index (χ4v) is 1.58. The summed E-state index contributed by atoms with van der Waals surface area (Å²) in [6.45, 7) is 6.37. The smallest absolute Gasteiger partial charge is 0.0429 e. The lowest BCUT2D eigenvalue weighted by Crippen LogP contribution is -2.04. The van der Waals surface area contributed by atoms with Crippen LogP contribution in [0.25, 0.3) is 0 Å². The van der Waals surface area contributed by atoms with Crippen LogP contribution in [0.4, 0.5) is 5.69 Å². The zero-order valence-electron chi connectivity index (χ0n) is 10.0. The molecule has 2 N–H and O–H groups in total. The molecule has 1 aromatic rings. The Morgan fingerprint density at radius 2 is 2.07 bits per heavy atom. The van der Waals surface area contributed by atoms with E-state index in [-0.39, 0.29) is 0 Å². The largest absolute Gasteiger partial charge is 0.388 e. The predicted molar refractivity (Wildman–Crippen MR) is 67.2 cm³/mol. The summed E-state index contributed by atoms with van der Waals surface area (Å²) < 4.78 is 0. The van der Waals surface area contributed by atoms with Gasteiger partial charge in [-0.2, -0.15) is 0 Å². The first-order chi connectivity index (χ1) is 7.10. The van der Waals surface area contributed by atoms with Crippen molar-refractivity contribution in [1.82, 2.24) is 0 Å². The van der Waals surface area contributed by atoms with Gasteiger partial charge in [0.2, 0.25) is 0 Å². The molecule has 1 aromatic carbocycles. The van der Waals surface area contributed by atoms with E-state index in [0.29, 0.717) is 11.6 Å². The van der Waals surface area contributed by atoms with Crippen molar-refractivity contribution >= 4 is 11.4 Å². The Morgan fingerprint density at radius 3 is 2.53 bits per heavy atom. The number of anilines is 1. The number of hydrogen-bond acceptors (Lipinski definition) is 2. The standard InChI is InChI=1S/C13H20N2/c1-5-12(14)11-8-10(9(2)3)6-7-13(11)15-4/h6-9,14-15H,5H2,1-4H3. The Morgan fingerprint density at radius 1 is 1.40 bits per heavy atom. The topological polar surface area (TPSA) is 35.9 Å². The van der Waals surface area contributed by atoms with Crippen molar-refractivity contribution in [2.45, 2.75) is 33.1 Å². The van der Waals surface area contributed by atoms with Crippen molar-refractivity contribution < 1.29 is 0 Å². The van der Waals surface area contributed by atoms with Gasteiger partial charge in [0, 0.05) is 24.0 Å². The van der Waals surface area contributed by atoms with Gasteiger partial charge in [-0.1, -0.05) is 26.8 Å². The minimum atomic E-state index is 0.513. The van der Waals surface area contributed by atoms with Crippen molar-refractivity contribution in [3.8, 4) is 0 Å². The van der Waals surface area contributed by atoms with E-state index in [1.54, 1.807) is 0 Å². The SMILES string of the molecule is CCC(=N)c1cc(C(C)C)ccc1NC. The molecule has 0 fully saturated rings. The van der Waals surface area contributed by atoms with Crippen molar-refractivity contribution in [3.63, 3.8) is 0 Å². The highest BCUT2D eigenvalue weighted by molar-refractivity contribution is 6.03. The highest BCUT2D eigenvalue weighted by Gasteiger charge is 2.08. The van der Waals surface area contributed by atoms with E-state index in [0.717, 1.165) is 17.7 Å². The molecule has 0 aliphatic rings. The maximum Gasteiger partial charge on any atom is 0.0429 e. The van der Waals surface area contributed by atoms with Crippen LogP contribution >= 0.6 is 0 Å². The summed E-state index contributed by atoms with van der Waals surface area (Å²) in [5.41, 5.74) is 4.07. The molecule has 0 saturated carbocycles. The van der Waals surface area contributed by atoms with Crippen LogP contribution in [0, 0.1) is 5.41 Å². The summed E-state index contributed by atoms with van der Waals surface area (Å²) >= 11 is 0. The highest BCUT2D eigenvalue weighted by atomic mass is 14.8. The zero-order valence-corrected chi connectivity index (χ0v) is 10.0. The van der Waals surface area contributed by atoms with Crippen LogP contribution < -0.4 is 5.32 Å². The average Bonchev–Trinajstić information content (AvgIpc) is 2.27. The zero-order chi connectivity index (χ0) is 11.4. The quantitative estimate of drug-likeness (QED) is 0.722. The maximum absolute atomic E-state index is 7.92. The lowest BCUT2D eigenvalue weighted by molar-refractivity contribution is 0.866. The van der Waals surface area contributed by atoms with E-state index in [4.69, 9.17) is 5.41 Å². The predicted octanol–water partition coefficient (Wildman–Crippen LogP) is 3.63. The van der Waals surface area contributed by atoms with Crippen molar-refractivity contribution in [3.05, 3.63) is 29.3 Å². The molecule has 0 heterocycles. The van der Waals surface area contributed by atoms with Gasteiger partial charge < -0.3 is 10.7 Å². The van der Waals surface area contributed by atoms with Crippen LogP contribution in [-0.2, 0) is 0 Å². The molecule has 0 spiro atoms. The minimum absolute atomic E-state index is 0.513. The van der Waals surface area contributed by atoms with E-state index in [9.17, 15) is 0 Å². The summed E-state index contributed by atoms with van der Waals surface area (Å²) in [6.07, 6.45) is 0.774. The Labute approximate surface area is 92.2 Å².